The molecule has 0 aromatic heterocycles. The monoisotopic (exact) mass is 337 g/mol. The van der Waals surface area contributed by atoms with Crippen molar-refractivity contribution in [3.63, 3.8) is 0 Å². The summed E-state index contributed by atoms with van der Waals surface area (Å²) in [5.74, 6) is 1.46. The third-order valence-electron chi connectivity index (χ3n) is 4.00. The Balaban J connectivity index is 1.58. The fourth-order valence-electron chi connectivity index (χ4n) is 2.59. The van der Waals surface area contributed by atoms with Gasteiger partial charge in [0.05, 0.1) is 18.2 Å². The number of fused-ring (bicyclic) bond motifs is 1. The highest BCUT2D eigenvalue weighted by Crippen LogP contribution is 2.32. The summed E-state index contributed by atoms with van der Waals surface area (Å²) in [4.78, 5) is 14.2. The molecule has 0 aliphatic carbocycles. The fourth-order valence-corrected chi connectivity index (χ4v) is 2.59. The van der Waals surface area contributed by atoms with Crippen molar-refractivity contribution in [1.29, 1.82) is 5.26 Å². The largest absolute Gasteiger partial charge is 0.454 e. The van der Waals surface area contributed by atoms with Crippen molar-refractivity contribution in [2.75, 3.05) is 25.2 Å². The Bertz CT molecular complexity index is 797. The van der Waals surface area contributed by atoms with Crippen LogP contribution in [0.2, 0.25) is 0 Å². The average Bonchev–Trinajstić information content (AvgIpc) is 3.12. The number of amides is 1. The molecule has 1 N–H and O–H groups in total. The SMILES string of the molecule is CCN(Cc1ccc2c(c1)OCO2)C(=O)CNc1ccc(C#N)cc1. The summed E-state index contributed by atoms with van der Waals surface area (Å²) in [6.07, 6.45) is 0. The van der Waals surface area contributed by atoms with Crippen molar-refractivity contribution in [2.45, 2.75) is 13.5 Å². The molecule has 0 fully saturated rings. The minimum atomic E-state index is 0.00419. The van der Waals surface area contributed by atoms with E-state index >= 15 is 0 Å². The van der Waals surface area contributed by atoms with E-state index in [0.717, 1.165) is 22.7 Å². The van der Waals surface area contributed by atoms with Gasteiger partial charge in [0.2, 0.25) is 12.7 Å². The van der Waals surface area contributed by atoms with E-state index in [2.05, 4.69) is 11.4 Å². The number of ether oxygens (including phenoxy) is 2. The van der Waals surface area contributed by atoms with Crippen LogP contribution in [0.1, 0.15) is 18.1 Å². The number of benzene rings is 2. The van der Waals surface area contributed by atoms with E-state index in [1.807, 2.05) is 25.1 Å². The summed E-state index contributed by atoms with van der Waals surface area (Å²) in [5.41, 5.74) is 2.40. The van der Waals surface area contributed by atoms with Gasteiger partial charge in [0.25, 0.3) is 0 Å². The van der Waals surface area contributed by atoms with E-state index in [0.29, 0.717) is 18.7 Å². The smallest absolute Gasteiger partial charge is 0.242 e. The number of nitrogens with zero attached hydrogens (tertiary/aromatic N) is 2. The van der Waals surface area contributed by atoms with Crippen LogP contribution in [0.4, 0.5) is 5.69 Å². The first-order valence-corrected chi connectivity index (χ1v) is 8.10. The predicted molar refractivity (Wildman–Crippen MR) is 93.3 cm³/mol. The van der Waals surface area contributed by atoms with Crippen molar-refractivity contribution >= 4 is 11.6 Å². The Morgan fingerprint density at radius 3 is 2.68 bits per heavy atom. The zero-order chi connectivity index (χ0) is 17.6. The lowest BCUT2D eigenvalue weighted by molar-refractivity contribution is -0.129. The average molecular weight is 337 g/mol. The number of anilines is 1. The van der Waals surface area contributed by atoms with Crippen LogP contribution in [0.3, 0.4) is 0 Å². The summed E-state index contributed by atoms with van der Waals surface area (Å²) in [5, 5.41) is 11.9. The predicted octanol–water partition coefficient (Wildman–Crippen LogP) is 2.75. The summed E-state index contributed by atoms with van der Waals surface area (Å²) in [7, 11) is 0. The van der Waals surface area contributed by atoms with Crippen LogP contribution in [0, 0.1) is 11.3 Å². The van der Waals surface area contributed by atoms with Crippen LogP contribution in [0.15, 0.2) is 42.5 Å². The minimum absolute atomic E-state index is 0.00419. The molecule has 6 nitrogen and oxygen atoms in total. The number of nitrogens with one attached hydrogen (secondary N) is 1. The molecule has 0 saturated heterocycles. The lowest BCUT2D eigenvalue weighted by Gasteiger charge is -2.21. The molecule has 2 aromatic rings. The van der Waals surface area contributed by atoms with Gasteiger partial charge in [-0.15, -0.1) is 0 Å². The van der Waals surface area contributed by atoms with Gasteiger partial charge in [-0.1, -0.05) is 6.07 Å². The van der Waals surface area contributed by atoms with Crippen molar-refractivity contribution < 1.29 is 14.3 Å². The molecule has 1 heterocycles. The number of carbonyl (C=O) groups is 1. The Morgan fingerprint density at radius 1 is 1.20 bits per heavy atom. The third-order valence-corrected chi connectivity index (χ3v) is 4.00. The molecule has 0 radical (unpaired) electrons. The molecule has 2 aromatic carbocycles. The first kappa shape index (κ1) is 16.7. The molecule has 25 heavy (non-hydrogen) atoms. The lowest BCUT2D eigenvalue weighted by Crippen LogP contribution is -2.34. The van der Waals surface area contributed by atoms with Crippen LogP contribution < -0.4 is 14.8 Å². The molecule has 0 bridgehead atoms. The van der Waals surface area contributed by atoms with Crippen LogP contribution in [-0.2, 0) is 11.3 Å². The molecule has 6 heteroatoms. The molecule has 1 aliphatic rings. The topological polar surface area (TPSA) is 74.6 Å². The Hall–Kier alpha value is -3.20. The van der Waals surface area contributed by atoms with Gasteiger partial charge in [0.15, 0.2) is 11.5 Å². The van der Waals surface area contributed by atoms with Gasteiger partial charge in [-0.25, -0.2) is 0 Å². The zero-order valence-electron chi connectivity index (χ0n) is 14.0. The first-order valence-electron chi connectivity index (χ1n) is 8.10. The van der Waals surface area contributed by atoms with Crippen molar-refractivity contribution in [3.05, 3.63) is 53.6 Å². The first-order chi connectivity index (χ1) is 12.2. The van der Waals surface area contributed by atoms with E-state index in [4.69, 9.17) is 14.7 Å². The van der Waals surface area contributed by atoms with E-state index in [1.54, 1.807) is 29.2 Å². The molecule has 0 saturated carbocycles. The van der Waals surface area contributed by atoms with Gasteiger partial charge in [0, 0.05) is 18.8 Å². The highest BCUT2D eigenvalue weighted by molar-refractivity contribution is 5.80. The highest BCUT2D eigenvalue weighted by atomic mass is 16.7. The Morgan fingerprint density at radius 2 is 1.96 bits per heavy atom. The fraction of sp³-hybridized carbons (Fsp3) is 0.263. The van der Waals surface area contributed by atoms with Gasteiger partial charge in [-0.2, -0.15) is 5.26 Å². The zero-order valence-corrected chi connectivity index (χ0v) is 14.0. The minimum Gasteiger partial charge on any atom is -0.454 e. The maximum absolute atomic E-state index is 12.5. The summed E-state index contributed by atoms with van der Waals surface area (Å²) in [6, 6.07) is 14.8. The second-order valence-corrected chi connectivity index (χ2v) is 5.64. The van der Waals surface area contributed by atoms with Crippen LogP contribution in [0.25, 0.3) is 0 Å². The van der Waals surface area contributed by atoms with Crippen LogP contribution in [-0.4, -0.2) is 30.7 Å². The maximum Gasteiger partial charge on any atom is 0.242 e. The van der Waals surface area contributed by atoms with E-state index < -0.39 is 0 Å². The van der Waals surface area contributed by atoms with Crippen molar-refractivity contribution in [1.82, 2.24) is 4.90 Å². The molecule has 128 valence electrons. The van der Waals surface area contributed by atoms with E-state index in [9.17, 15) is 4.79 Å². The standard InChI is InChI=1S/C19H19N3O3/c1-2-22(12-15-5-8-17-18(9-15)25-13-24-17)19(23)11-21-16-6-3-14(10-20)4-7-16/h3-9,21H,2,11-13H2,1H3. The van der Waals surface area contributed by atoms with Gasteiger partial charge in [0.1, 0.15) is 0 Å². The molecule has 0 spiro atoms. The summed E-state index contributed by atoms with van der Waals surface area (Å²) < 4.78 is 10.7. The van der Waals surface area contributed by atoms with E-state index in [-0.39, 0.29) is 19.2 Å². The highest BCUT2D eigenvalue weighted by Gasteiger charge is 2.16. The summed E-state index contributed by atoms with van der Waals surface area (Å²) in [6.45, 7) is 3.52. The molecule has 3 rings (SSSR count). The molecule has 1 aliphatic heterocycles. The number of likely N-dealkylation sites (N-methyl/N-ethyl adjacent to an activating group) is 1. The molecular formula is C19H19N3O3. The second-order valence-electron chi connectivity index (χ2n) is 5.64. The van der Waals surface area contributed by atoms with Gasteiger partial charge in [-0.05, 0) is 48.9 Å². The number of hydrogen-bond acceptors (Lipinski definition) is 5. The van der Waals surface area contributed by atoms with Gasteiger partial charge >= 0.3 is 0 Å². The molecule has 0 unspecified atom stereocenters. The normalized spacial score (nSPS) is 11.7. The number of hydrogen-bond donors (Lipinski definition) is 1. The number of carbonyl (C=O) groups excluding carboxylic acids is 1. The van der Waals surface area contributed by atoms with E-state index in [1.165, 1.54) is 0 Å². The van der Waals surface area contributed by atoms with Crippen molar-refractivity contribution in [3.8, 4) is 17.6 Å². The van der Waals surface area contributed by atoms with Crippen LogP contribution >= 0.6 is 0 Å². The maximum atomic E-state index is 12.5. The van der Waals surface area contributed by atoms with Gasteiger partial charge < -0.3 is 19.7 Å². The molecular weight excluding hydrogens is 318 g/mol. The summed E-state index contributed by atoms with van der Waals surface area (Å²) >= 11 is 0. The Labute approximate surface area is 146 Å². The van der Waals surface area contributed by atoms with Crippen LogP contribution in [0.5, 0.6) is 11.5 Å². The molecule has 0 atom stereocenters. The Kier molecular flexibility index (Phi) is 5.05. The van der Waals surface area contributed by atoms with Gasteiger partial charge in [-0.3, -0.25) is 4.79 Å². The molecule has 1 amide bonds. The number of nitriles is 1. The third kappa shape index (κ3) is 4.01. The number of rotatable bonds is 6. The second kappa shape index (κ2) is 7.58. The lowest BCUT2D eigenvalue weighted by atomic mass is 10.2. The van der Waals surface area contributed by atoms with Crippen molar-refractivity contribution in [2.24, 2.45) is 0 Å². The quantitative estimate of drug-likeness (QED) is 0.877.